The lowest BCUT2D eigenvalue weighted by Gasteiger charge is -2.31. The number of pyridine rings is 1. The van der Waals surface area contributed by atoms with Crippen molar-refractivity contribution in [1.29, 1.82) is 0 Å². The Balaban J connectivity index is 0.00000210. The number of amides is 1. The lowest BCUT2D eigenvalue weighted by atomic mass is 9.84. The smallest absolute Gasteiger partial charge is 0.254 e. The van der Waals surface area contributed by atoms with Gasteiger partial charge in [0, 0.05) is 41.7 Å². The third-order valence-corrected chi connectivity index (χ3v) is 5.32. The fraction of sp³-hybridized carbons (Fsp3) is 0.500. The summed E-state index contributed by atoms with van der Waals surface area (Å²) in [6, 6.07) is 3.79. The number of aromatic amines is 1. The minimum atomic E-state index is -0.202. The highest BCUT2D eigenvalue weighted by molar-refractivity contribution is 5.85. The topological polar surface area (TPSA) is 114 Å². The number of nitrogens with one attached hydrogen (secondary N) is 2. The highest BCUT2D eigenvalue weighted by atomic mass is 35.5. The van der Waals surface area contributed by atoms with Crippen LogP contribution in [0.5, 0.6) is 0 Å². The van der Waals surface area contributed by atoms with Crippen molar-refractivity contribution in [1.82, 2.24) is 20.3 Å². The first kappa shape index (κ1) is 25.1. The van der Waals surface area contributed by atoms with Crippen molar-refractivity contribution in [3.05, 3.63) is 46.1 Å². The summed E-state index contributed by atoms with van der Waals surface area (Å²) in [5.74, 6) is 0.815. The van der Waals surface area contributed by atoms with E-state index in [0.717, 1.165) is 24.8 Å². The molecule has 0 radical (unpaired) electrons. The fourth-order valence-corrected chi connectivity index (χ4v) is 3.74. The standard InChI is InChI=1S/C20H27N5O2.2ClH/c1-13-16(20(27)25-19(23-13)15-6-4-10-22-12-15)8-9-18(26)24-17-7-3-2-5-14(17)11-21;;/h4,6,10,12,14,17H,2-3,5,7-9,11,21H2,1H3,(H,24,26)(H,23,25,27);2*1H. The summed E-state index contributed by atoms with van der Waals surface area (Å²) in [5.41, 5.74) is 7.58. The zero-order chi connectivity index (χ0) is 19.2. The predicted molar refractivity (Wildman–Crippen MR) is 119 cm³/mol. The number of aryl methyl sites for hydroxylation is 1. The maximum absolute atomic E-state index is 12.5. The molecule has 2 aromatic rings. The van der Waals surface area contributed by atoms with Crippen molar-refractivity contribution in [2.45, 2.75) is 51.5 Å². The second-order valence-corrected chi connectivity index (χ2v) is 7.17. The lowest BCUT2D eigenvalue weighted by Crippen LogP contribution is -2.44. The zero-order valence-corrected chi connectivity index (χ0v) is 18.2. The summed E-state index contributed by atoms with van der Waals surface area (Å²) in [6.45, 7) is 2.40. The van der Waals surface area contributed by atoms with Gasteiger partial charge in [0.15, 0.2) is 0 Å². The summed E-state index contributed by atoms with van der Waals surface area (Å²) in [5, 5.41) is 3.11. The van der Waals surface area contributed by atoms with Crippen LogP contribution in [0.2, 0.25) is 0 Å². The molecule has 2 aromatic heterocycles. The Hall–Kier alpha value is -1.96. The SMILES string of the molecule is Cc1nc(-c2cccnc2)[nH]c(=O)c1CCC(=O)NC1CCCCC1CN.Cl.Cl. The summed E-state index contributed by atoms with van der Waals surface area (Å²) < 4.78 is 0. The summed E-state index contributed by atoms with van der Waals surface area (Å²) in [7, 11) is 0. The molecule has 0 aromatic carbocycles. The van der Waals surface area contributed by atoms with E-state index in [4.69, 9.17) is 5.73 Å². The number of nitrogens with zero attached hydrogens (tertiary/aromatic N) is 2. The third-order valence-electron chi connectivity index (χ3n) is 5.32. The van der Waals surface area contributed by atoms with Gasteiger partial charge in [0.2, 0.25) is 5.91 Å². The number of hydrogen-bond acceptors (Lipinski definition) is 5. The van der Waals surface area contributed by atoms with Crippen molar-refractivity contribution < 1.29 is 4.79 Å². The first-order valence-corrected chi connectivity index (χ1v) is 9.58. The first-order chi connectivity index (χ1) is 13.1. The second-order valence-electron chi connectivity index (χ2n) is 7.17. The van der Waals surface area contributed by atoms with Gasteiger partial charge in [-0.1, -0.05) is 12.8 Å². The molecule has 2 heterocycles. The highest BCUT2D eigenvalue weighted by Gasteiger charge is 2.25. The maximum Gasteiger partial charge on any atom is 0.254 e. The Morgan fingerprint density at radius 1 is 1.31 bits per heavy atom. The minimum Gasteiger partial charge on any atom is -0.353 e. The number of carbonyl (C=O) groups excluding carboxylic acids is 1. The van der Waals surface area contributed by atoms with Crippen molar-refractivity contribution in [2.75, 3.05) is 6.54 Å². The number of aromatic nitrogens is 3. The summed E-state index contributed by atoms with van der Waals surface area (Å²) in [4.78, 5) is 36.2. The molecule has 7 nitrogen and oxygen atoms in total. The van der Waals surface area contributed by atoms with Crippen LogP contribution in [0.4, 0.5) is 0 Å². The average Bonchev–Trinajstić information content (AvgIpc) is 2.68. The average molecular weight is 442 g/mol. The molecule has 3 rings (SSSR count). The molecule has 1 amide bonds. The number of hydrogen-bond donors (Lipinski definition) is 3. The Kier molecular flexibility index (Phi) is 10.3. The number of rotatable bonds is 6. The van der Waals surface area contributed by atoms with Crippen LogP contribution in [0, 0.1) is 12.8 Å². The molecule has 1 saturated carbocycles. The normalized spacial score (nSPS) is 18.3. The molecular formula is C20H29Cl2N5O2. The van der Waals surface area contributed by atoms with Crippen LogP contribution in [-0.4, -0.2) is 33.4 Å². The Morgan fingerprint density at radius 3 is 2.72 bits per heavy atom. The van der Waals surface area contributed by atoms with Gasteiger partial charge < -0.3 is 16.0 Å². The van der Waals surface area contributed by atoms with E-state index in [1.165, 1.54) is 6.42 Å². The molecule has 160 valence electrons. The van der Waals surface area contributed by atoms with Gasteiger partial charge in [0.1, 0.15) is 5.82 Å². The molecule has 0 bridgehead atoms. The first-order valence-electron chi connectivity index (χ1n) is 9.58. The fourth-order valence-electron chi connectivity index (χ4n) is 3.74. The second kappa shape index (κ2) is 11.9. The molecule has 0 aliphatic heterocycles. The quantitative estimate of drug-likeness (QED) is 0.636. The molecule has 29 heavy (non-hydrogen) atoms. The predicted octanol–water partition coefficient (Wildman–Crippen LogP) is 2.55. The molecule has 1 fully saturated rings. The van der Waals surface area contributed by atoms with E-state index in [-0.39, 0.29) is 48.7 Å². The van der Waals surface area contributed by atoms with E-state index in [9.17, 15) is 9.59 Å². The summed E-state index contributed by atoms with van der Waals surface area (Å²) in [6.07, 6.45) is 8.32. The number of carbonyl (C=O) groups is 1. The number of halogens is 2. The monoisotopic (exact) mass is 441 g/mol. The Bertz CT molecular complexity index is 845. The van der Waals surface area contributed by atoms with E-state index in [1.807, 2.05) is 6.07 Å². The van der Waals surface area contributed by atoms with Crippen molar-refractivity contribution in [2.24, 2.45) is 11.7 Å². The molecule has 2 atom stereocenters. The van der Waals surface area contributed by atoms with Gasteiger partial charge in [-0.05, 0) is 50.8 Å². The zero-order valence-electron chi connectivity index (χ0n) is 16.5. The molecule has 4 N–H and O–H groups in total. The van der Waals surface area contributed by atoms with E-state index in [2.05, 4.69) is 20.3 Å². The van der Waals surface area contributed by atoms with Gasteiger partial charge in [-0.15, -0.1) is 24.8 Å². The van der Waals surface area contributed by atoms with Crippen LogP contribution in [0.25, 0.3) is 11.4 Å². The van der Waals surface area contributed by atoms with Crippen LogP contribution in [0.1, 0.15) is 43.4 Å². The van der Waals surface area contributed by atoms with Crippen molar-refractivity contribution in [3.8, 4) is 11.4 Å². The molecule has 9 heteroatoms. The Morgan fingerprint density at radius 2 is 2.07 bits per heavy atom. The number of nitrogens with two attached hydrogens (primary N) is 1. The number of H-pyrrole nitrogens is 1. The van der Waals surface area contributed by atoms with Gasteiger partial charge in [-0.25, -0.2) is 4.98 Å². The van der Waals surface area contributed by atoms with E-state index >= 15 is 0 Å². The van der Waals surface area contributed by atoms with Gasteiger partial charge in [0.25, 0.3) is 5.56 Å². The van der Waals surface area contributed by atoms with Gasteiger partial charge in [-0.3, -0.25) is 14.6 Å². The van der Waals surface area contributed by atoms with E-state index in [0.29, 0.717) is 36.0 Å². The molecule has 0 saturated heterocycles. The van der Waals surface area contributed by atoms with Gasteiger partial charge in [-0.2, -0.15) is 0 Å². The molecule has 0 spiro atoms. The largest absolute Gasteiger partial charge is 0.353 e. The molecule has 1 aliphatic carbocycles. The van der Waals surface area contributed by atoms with Crippen LogP contribution in [0.15, 0.2) is 29.3 Å². The van der Waals surface area contributed by atoms with Crippen LogP contribution >= 0.6 is 24.8 Å². The van der Waals surface area contributed by atoms with Crippen molar-refractivity contribution >= 4 is 30.7 Å². The van der Waals surface area contributed by atoms with E-state index < -0.39 is 0 Å². The third kappa shape index (κ3) is 6.52. The van der Waals surface area contributed by atoms with Crippen LogP contribution in [-0.2, 0) is 11.2 Å². The van der Waals surface area contributed by atoms with E-state index in [1.54, 1.807) is 25.4 Å². The maximum atomic E-state index is 12.5. The molecular weight excluding hydrogens is 413 g/mol. The van der Waals surface area contributed by atoms with Crippen molar-refractivity contribution in [3.63, 3.8) is 0 Å². The lowest BCUT2D eigenvalue weighted by molar-refractivity contribution is -0.122. The summed E-state index contributed by atoms with van der Waals surface area (Å²) >= 11 is 0. The highest BCUT2D eigenvalue weighted by Crippen LogP contribution is 2.23. The van der Waals surface area contributed by atoms with Gasteiger partial charge >= 0.3 is 0 Å². The van der Waals surface area contributed by atoms with Gasteiger partial charge in [0.05, 0.1) is 0 Å². The van der Waals surface area contributed by atoms with Crippen LogP contribution in [0.3, 0.4) is 0 Å². The Labute approximate surface area is 183 Å². The minimum absolute atomic E-state index is 0. The molecule has 2 unspecified atom stereocenters. The molecule has 1 aliphatic rings. The van der Waals surface area contributed by atoms with Crippen LogP contribution < -0.4 is 16.6 Å².